The molecule has 4 heterocycles. The Balaban J connectivity index is 1.22. The lowest BCUT2D eigenvalue weighted by atomic mass is 9.73. The second kappa shape index (κ2) is 9.44. The molecule has 6 atom stereocenters. The topological polar surface area (TPSA) is 56.1 Å². The first-order valence-corrected chi connectivity index (χ1v) is 14.4. The summed E-state index contributed by atoms with van der Waals surface area (Å²) in [5.41, 5.74) is 3.11. The van der Waals surface area contributed by atoms with Crippen molar-refractivity contribution < 1.29 is 4.74 Å². The molecule has 4 bridgehead atoms. The number of nitrogens with zero attached hydrogens (tertiary/aromatic N) is 5. The first kappa shape index (κ1) is 22.7. The number of fused-ring (bicyclic) bond motifs is 5. The van der Waals surface area contributed by atoms with Crippen LogP contribution < -0.4 is 4.74 Å². The summed E-state index contributed by atoms with van der Waals surface area (Å²) in [5, 5.41) is 0. The molecule has 2 saturated carbocycles. The lowest BCUT2D eigenvalue weighted by Gasteiger charge is -2.54. The third-order valence-corrected chi connectivity index (χ3v) is 9.81. The number of benzene rings is 1. The monoisotopic (exact) mass is 485 g/mol. The maximum atomic E-state index is 5.26. The van der Waals surface area contributed by atoms with Crippen LogP contribution in [-0.4, -0.2) is 49.7 Å². The van der Waals surface area contributed by atoms with Crippen molar-refractivity contribution in [1.82, 2.24) is 24.4 Å². The number of methoxy groups -OCH3 is 1. The van der Waals surface area contributed by atoms with Gasteiger partial charge in [0.15, 0.2) is 5.82 Å². The highest BCUT2D eigenvalue weighted by Gasteiger charge is 2.45. The fraction of sp³-hybridized carbons (Fsp3) is 0.633. The van der Waals surface area contributed by atoms with Crippen LogP contribution in [0.2, 0.25) is 0 Å². The highest BCUT2D eigenvalue weighted by atomic mass is 16.5. The van der Waals surface area contributed by atoms with Crippen LogP contribution in [0.3, 0.4) is 0 Å². The van der Waals surface area contributed by atoms with Gasteiger partial charge in [-0.15, -0.1) is 0 Å². The third kappa shape index (κ3) is 4.02. The van der Waals surface area contributed by atoms with Gasteiger partial charge in [0, 0.05) is 24.2 Å². The van der Waals surface area contributed by atoms with E-state index in [1.54, 1.807) is 13.3 Å². The Kier molecular flexibility index (Phi) is 5.95. The molecule has 4 aliphatic rings. The first-order valence-electron chi connectivity index (χ1n) is 14.4. The van der Waals surface area contributed by atoms with Crippen molar-refractivity contribution in [3.05, 3.63) is 36.7 Å². The van der Waals surface area contributed by atoms with Gasteiger partial charge in [0.05, 0.1) is 30.5 Å². The molecule has 3 aromatic rings. The number of aromatic nitrogens is 4. The molecule has 2 aliphatic heterocycles. The van der Waals surface area contributed by atoms with Crippen LogP contribution in [0.4, 0.5) is 0 Å². The molecule has 4 fully saturated rings. The van der Waals surface area contributed by atoms with Gasteiger partial charge in [0.25, 0.3) is 0 Å². The minimum absolute atomic E-state index is 0.453. The van der Waals surface area contributed by atoms with E-state index >= 15 is 0 Å². The Morgan fingerprint density at radius 2 is 1.50 bits per heavy atom. The summed E-state index contributed by atoms with van der Waals surface area (Å²) in [6.45, 7) is 0. The molecule has 0 N–H and O–H groups in total. The minimum atomic E-state index is 0.453. The number of hydrogen-bond acceptors (Lipinski definition) is 5. The van der Waals surface area contributed by atoms with E-state index in [-0.39, 0.29) is 0 Å². The normalized spacial score (nSPS) is 32.8. The van der Waals surface area contributed by atoms with Gasteiger partial charge in [-0.2, -0.15) is 0 Å². The summed E-state index contributed by atoms with van der Waals surface area (Å²) in [7, 11) is 1.63. The summed E-state index contributed by atoms with van der Waals surface area (Å²) in [4.78, 5) is 17.3. The highest BCUT2D eigenvalue weighted by Crippen LogP contribution is 2.47. The number of rotatable bonds is 4. The molecule has 0 amide bonds. The summed E-state index contributed by atoms with van der Waals surface area (Å²) in [5.74, 6) is 3.45. The summed E-state index contributed by atoms with van der Waals surface area (Å²) >= 11 is 0. The molecule has 2 aromatic heterocycles. The van der Waals surface area contributed by atoms with Gasteiger partial charge in [0.1, 0.15) is 5.69 Å². The SMILES string of the molecule is COc1cnc(-c2nc3ccccc3n2[C@@H]2C[C@H]3CCC[C@@H](C2)N3[C@H]2C[C@@H]3CCCC[C@@H](C3)C2)cn1. The smallest absolute Gasteiger partial charge is 0.232 e. The van der Waals surface area contributed by atoms with E-state index in [2.05, 4.69) is 38.7 Å². The zero-order valence-corrected chi connectivity index (χ0v) is 21.6. The number of hydrogen-bond donors (Lipinski definition) is 0. The lowest BCUT2D eigenvalue weighted by Crippen LogP contribution is -2.58. The first-order chi connectivity index (χ1) is 17.8. The zero-order valence-electron chi connectivity index (χ0n) is 21.6. The van der Waals surface area contributed by atoms with Gasteiger partial charge >= 0.3 is 0 Å². The number of para-hydroxylation sites is 2. The molecule has 36 heavy (non-hydrogen) atoms. The fourth-order valence-corrected chi connectivity index (χ4v) is 8.44. The molecule has 2 aliphatic carbocycles. The van der Waals surface area contributed by atoms with Crippen LogP contribution in [0.25, 0.3) is 22.6 Å². The fourth-order valence-electron chi connectivity index (χ4n) is 8.44. The van der Waals surface area contributed by atoms with E-state index < -0.39 is 0 Å². The molecule has 6 nitrogen and oxygen atoms in total. The van der Waals surface area contributed by atoms with Crippen molar-refractivity contribution in [2.45, 2.75) is 101 Å². The van der Waals surface area contributed by atoms with Crippen molar-refractivity contribution in [1.29, 1.82) is 0 Å². The third-order valence-electron chi connectivity index (χ3n) is 9.81. The van der Waals surface area contributed by atoms with Gasteiger partial charge < -0.3 is 9.30 Å². The molecule has 7 rings (SSSR count). The van der Waals surface area contributed by atoms with Crippen molar-refractivity contribution in [3.8, 4) is 17.4 Å². The Bertz CT molecular complexity index is 1180. The Morgan fingerprint density at radius 3 is 2.19 bits per heavy atom. The Hall–Kier alpha value is -2.47. The zero-order chi connectivity index (χ0) is 24.1. The van der Waals surface area contributed by atoms with Crippen LogP contribution >= 0.6 is 0 Å². The predicted molar refractivity (Wildman–Crippen MR) is 142 cm³/mol. The van der Waals surface area contributed by atoms with Crippen LogP contribution in [0.15, 0.2) is 36.7 Å². The second-order valence-corrected chi connectivity index (χ2v) is 11.9. The average Bonchev–Trinajstić information content (AvgIpc) is 3.21. The molecule has 0 spiro atoms. The number of piperidine rings is 2. The van der Waals surface area contributed by atoms with Crippen LogP contribution in [0, 0.1) is 11.8 Å². The van der Waals surface area contributed by atoms with Gasteiger partial charge in [-0.05, 0) is 68.9 Å². The van der Waals surface area contributed by atoms with E-state index in [1.807, 2.05) is 6.20 Å². The van der Waals surface area contributed by atoms with Crippen LogP contribution in [-0.2, 0) is 0 Å². The van der Waals surface area contributed by atoms with Gasteiger partial charge in [-0.1, -0.05) is 44.2 Å². The van der Waals surface area contributed by atoms with Crippen LogP contribution in [0.1, 0.15) is 83.1 Å². The van der Waals surface area contributed by atoms with Crippen LogP contribution in [0.5, 0.6) is 5.88 Å². The maximum Gasteiger partial charge on any atom is 0.232 e. The van der Waals surface area contributed by atoms with Crippen molar-refractivity contribution in [2.75, 3.05) is 7.11 Å². The molecule has 6 heteroatoms. The van der Waals surface area contributed by atoms with E-state index in [1.165, 1.54) is 82.6 Å². The molecule has 190 valence electrons. The molecular formula is C30H39N5O. The quantitative estimate of drug-likeness (QED) is 0.427. The lowest BCUT2D eigenvalue weighted by molar-refractivity contribution is -0.0415. The largest absolute Gasteiger partial charge is 0.480 e. The Labute approximate surface area is 214 Å². The number of imidazole rings is 1. The second-order valence-electron chi connectivity index (χ2n) is 11.9. The summed E-state index contributed by atoms with van der Waals surface area (Å²) in [6, 6.07) is 11.3. The van der Waals surface area contributed by atoms with Crippen molar-refractivity contribution in [3.63, 3.8) is 0 Å². The highest BCUT2D eigenvalue weighted by molar-refractivity contribution is 5.80. The van der Waals surface area contributed by atoms with E-state index in [0.29, 0.717) is 24.0 Å². The van der Waals surface area contributed by atoms with Crippen molar-refractivity contribution in [2.24, 2.45) is 11.8 Å². The van der Waals surface area contributed by atoms with E-state index in [9.17, 15) is 0 Å². The Morgan fingerprint density at radius 1 is 0.750 bits per heavy atom. The number of ether oxygens (including phenoxy) is 1. The molecule has 0 unspecified atom stereocenters. The van der Waals surface area contributed by atoms with Gasteiger partial charge in [0.2, 0.25) is 5.88 Å². The molecule has 2 saturated heterocycles. The van der Waals surface area contributed by atoms with Gasteiger partial charge in [-0.25, -0.2) is 15.0 Å². The van der Waals surface area contributed by atoms with E-state index in [4.69, 9.17) is 14.7 Å². The molecular weight excluding hydrogens is 446 g/mol. The predicted octanol–water partition coefficient (Wildman–Crippen LogP) is 6.42. The maximum absolute atomic E-state index is 5.26. The standard InChI is InChI=1S/C30H39N5O/c1-36-29-19-31-27(18-32-29)30-33-26-11-4-5-12-28(26)35(30)25-16-22-9-6-10-23(17-25)34(22)24-14-20-7-2-3-8-21(13-20)15-24/h4-5,11-12,18-25H,2-3,6-10,13-17H2,1H3/t20-,21+,22-,23+,24+,25-. The minimum Gasteiger partial charge on any atom is -0.480 e. The molecule has 0 radical (unpaired) electrons. The molecule has 1 aromatic carbocycles. The van der Waals surface area contributed by atoms with Crippen molar-refractivity contribution >= 4 is 11.0 Å². The average molecular weight is 486 g/mol. The van der Waals surface area contributed by atoms with Gasteiger partial charge in [-0.3, -0.25) is 4.90 Å². The summed E-state index contributed by atoms with van der Waals surface area (Å²) < 4.78 is 7.77. The summed E-state index contributed by atoms with van der Waals surface area (Å²) in [6.07, 6.45) is 20.4. The van der Waals surface area contributed by atoms with E-state index in [0.717, 1.165) is 34.9 Å².